The van der Waals surface area contributed by atoms with Gasteiger partial charge < -0.3 is 15.9 Å². The molecule has 7 aromatic rings. The topological polar surface area (TPSA) is 108 Å². The third-order valence-corrected chi connectivity index (χ3v) is 20.2. The molecule has 121 heavy (non-hydrogen) atoms. The summed E-state index contributed by atoms with van der Waals surface area (Å²) in [6.45, 7) is -3.31. The number of aliphatic carboxylic acids is 1. The van der Waals surface area contributed by atoms with Crippen molar-refractivity contribution in [3.8, 4) is 5.75 Å². The molecule has 8 rings (SSSR count). The largest absolute Gasteiger partial charge is 0.508 e. The van der Waals surface area contributed by atoms with Crippen LogP contribution >= 0.6 is 0 Å². The van der Waals surface area contributed by atoms with Crippen molar-refractivity contribution in [1.82, 2.24) is 0 Å². The molecule has 0 amide bonds. The van der Waals surface area contributed by atoms with E-state index in [1.165, 1.54) is 255 Å². The quantitative estimate of drug-likeness (QED) is 0.0116. The van der Waals surface area contributed by atoms with E-state index in [0.717, 1.165) is 0 Å². The van der Waals surface area contributed by atoms with E-state index < -0.39 is 232 Å². The lowest BCUT2D eigenvalue weighted by Crippen LogP contribution is -2.60. The number of benzene rings is 7. The van der Waals surface area contributed by atoms with Crippen molar-refractivity contribution in [2.24, 2.45) is 15.7 Å². The maximum Gasteiger partial charge on any atom is 0.359 e. The van der Waals surface area contributed by atoms with Crippen LogP contribution in [0.4, 0.5) is 132 Å². The second-order valence-corrected chi connectivity index (χ2v) is 28.8. The first-order chi connectivity index (χ1) is 57.3. The standard InChI is InChI=1S/C37H77N.2C18BF15.C10H8N2O3/c1-3-5-7-9-11-13-15-17-19-21-23-25-27-29-31-33-35-37(38)36-34-32-30-28-26-24-22-20-18-16-14-12-10-8-6-4-2;2*20-4-1(5(21)11(27)16(32)10(4)26)19(2-6(22)12(28)17(33)13(29)7(2)23)3-8(24)14(30)18(34)15(31)9(3)25;13-8-3-1-7(2-4-8)10(9(14)15)11-5-6-12-10/h37H,3-36,38H2,1-2H3;;;1-6,13H,(H,14,15). The Labute approximate surface area is 678 Å². The van der Waals surface area contributed by atoms with Crippen molar-refractivity contribution in [3.05, 3.63) is 204 Å². The number of nitrogens with zero attached hydrogens (tertiary/aromatic N) is 2. The van der Waals surface area contributed by atoms with E-state index in [0.29, 0.717) is 11.6 Å². The Morgan fingerprint density at radius 2 is 0.421 bits per heavy atom. The van der Waals surface area contributed by atoms with Crippen LogP contribution in [-0.4, -0.2) is 48.1 Å². The Hall–Kier alpha value is -8.86. The zero-order valence-electron chi connectivity index (χ0n) is 65.4. The van der Waals surface area contributed by atoms with Crippen LogP contribution in [0.5, 0.6) is 5.75 Å². The highest BCUT2D eigenvalue weighted by molar-refractivity contribution is 6.96. The molecule has 0 spiro atoms. The van der Waals surface area contributed by atoms with Gasteiger partial charge in [0.1, 0.15) is 5.75 Å². The molecule has 7 aromatic carbocycles. The molecule has 0 aliphatic carbocycles. The zero-order chi connectivity index (χ0) is 90.4. The summed E-state index contributed by atoms with van der Waals surface area (Å²) in [6, 6.07) is 6.26. The van der Waals surface area contributed by atoms with Gasteiger partial charge in [-0.2, -0.15) is 0 Å². The molecule has 0 saturated carbocycles. The first kappa shape index (κ1) is 103. The summed E-state index contributed by atoms with van der Waals surface area (Å²) in [5, 5.41) is 18.2. The number of halogens is 30. The smallest absolute Gasteiger partial charge is 0.359 e. The van der Waals surface area contributed by atoms with E-state index in [9.17, 15) is 137 Å². The fourth-order valence-corrected chi connectivity index (χ4v) is 13.6. The number of carboxylic acids is 1. The SMILES string of the molecule is CCCCCCCCCCCCCCCCCCC(N)CCCCCCCCCCCCCCCCCC.Fc1c(F)c(F)c(B(c2c(F)c(F)c(F)c(F)c2F)c2c(F)c(F)c(F)c(F)c2F)c(F)c1F.Fc1c(F)c(F)c(B(c2c(F)c(F)c(F)c(F)c2F)c2c(F)c(F)c(F)c(F)c2F)c(F)c1F.O=C(O)C1(c2ccc(O)cc2)N=CC=N1. The minimum atomic E-state index is -3.96. The number of hydrogen-bond acceptors (Lipinski definition) is 5. The van der Waals surface area contributed by atoms with Gasteiger partial charge in [-0.3, -0.25) is 0 Å². The molecule has 1 heterocycles. The number of aliphatic imine (C=N–C) groups is 2. The molecule has 0 unspecified atom stereocenters. The van der Waals surface area contributed by atoms with Gasteiger partial charge in [0.2, 0.25) is 0 Å². The molecular weight excluding hydrogens is 1680 g/mol. The number of nitrogens with two attached hydrogens (primary N) is 1. The van der Waals surface area contributed by atoms with Gasteiger partial charge in [-0.05, 0) is 25.0 Å². The van der Waals surface area contributed by atoms with Crippen molar-refractivity contribution < 1.29 is 147 Å². The molecule has 0 saturated heterocycles. The zero-order valence-corrected chi connectivity index (χ0v) is 65.4. The van der Waals surface area contributed by atoms with E-state index in [4.69, 9.17) is 15.9 Å². The van der Waals surface area contributed by atoms with E-state index in [2.05, 4.69) is 23.8 Å². The molecule has 1 aliphatic rings. The van der Waals surface area contributed by atoms with Crippen molar-refractivity contribution in [3.63, 3.8) is 0 Å². The lowest BCUT2D eigenvalue weighted by molar-refractivity contribution is -0.143. The number of carbonyl (C=O) groups is 1. The number of phenols is 1. The summed E-state index contributed by atoms with van der Waals surface area (Å²) in [7, 11) is 0. The van der Waals surface area contributed by atoms with Crippen LogP contribution in [-0.2, 0) is 10.5 Å². The van der Waals surface area contributed by atoms with Gasteiger partial charge in [0.25, 0.3) is 19.1 Å². The number of aromatic hydroxyl groups is 1. The Bertz CT molecular complexity index is 3930. The number of carboxylic acid groups (broad SMARTS) is 1. The van der Waals surface area contributed by atoms with Gasteiger partial charge in [0.05, 0.1) is 0 Å². The van der Waals surface area contributed by atoms with Gasteiger partial charge in [-0.25, -0.2) is 146 Å². The average molecular weight is 1760 g/mol. The monoisotopic (exact) mass is 1760 g/mol. The molecule has 0 atom stereocenters. The molecule has 666 valence electrons. The van der Waals surface area contributed by atoms with Crippen LogP contribution < -0.4 is 38.5 Å². The van der Waals surface area contributed by atoms with E-state index in [1.54, 1.807) is 0 Å². The summed E-state index contributed by atoms with van der Waals surface area (Å²) in [4.78, 5) is 18.8. The highest BCUT2D eigenvalue weighted by atomic mass is 19.2. The number of rotatable bonds is 42. The Morgan fingerprint density at radius 3 is 0.579 bits per heavy atom. The van der Waals surface area contributed by atoms with Crippen molar-refractivity contribution in [1.29, 1.82) is 0 Å². The third-order valence-electron chi connectivity index (χ3n) is 20.2. The predicted molar refractivity (Wildman–Crippen MR) is 397 cm³/mol. The molecule has 4 N–H and O–H groups in total. The Kier molecular flexibility index (Phi) is 42.0. The van der Waals surface area contributed by atoms with Crippen molar-refractivity contribution in [2.45, 2.75) is 244 Å². The maximum absolute atomic E-state index is 14.4. The van der Waals surface area contributed by atoms with E-state index in [-0.39, 0.29) is 5.75 Å². The maximum atomic E-state index is 14.4. The predicted octanol–water partition coefficient (Wildman–Crippen LogP) is 23.0. The fraction of sp³-hybridized carbons (Fsp3) is 0.458. The molecule has 0 bridgehead atoms. The normalized spacial score (nSPS) is 12.1. The third kappa shape index (κ3) is 25.9. The van der Waals surface area contributed by atoms with E-state index >= 15 is 0 Å². The van der Waals surface area contributed by atoms with Crippen molar-refractivity contribution in [2.75, 3.05) is 0 Å². The van der Waals surface area contributed by atoms with Crippen LogP contribution in [0.3, 0.4) is 0 Å². The first-order valence-corrected chi connectivity index (χ1v) is 39.2. The summed E-state index contributed by atoms with van der Waals surface area (Å²) in [5.74, 6) is -91.5. The number of phenolic OH excluding ortho intramolecular Hbond substituents is 1. The second-order valence-electron chi connectivity index (χ2n) is 28.8. The minimum absolute atomic E-state index is 0.0743. The van der Waals surface area contributed by atoms with Gasteiger partial charge >= 0.3 is 5.97 Å². The average Bonchev–Trinajstić information content (AvgIpc) is 0.994. The molecule has 6 nitrogen and oxygen atoms in total. The fourth-order valence-electron chi connectivity index (χ4n) is 13.6. The Morgan fingerprint density at radius 1 is 0.273 bits per heavy atom. The van der Waals surface area contributed by atoms with Crippen LogP contribution in [0.25, 0.3) is 0 Å². The molecule has 1 aliphatic heterocycles. The molecule has 0 radical (unpaired) electrons. The number of unbranched alkanes of at least 4 members (excludes halogenated alkanes) is 30. The summed E-state index contributed by atoms with van der Waals surface area (Å²) < 4.78 is 417. The minimum Gasteiger partial charge on any atom is -0.508 e. The lowest BCUT2D eigenvalue weighted by atomic mass is 9.36. The van der Waals surface area contributed by atoms with Gasteiger partial charge in [0, 0.05) is 56.8 Å². The van der Waals surface area contributed by atoms with Gasteiger partial charge in [-0.1, -0.05) is 231 Å². The van der Waals surface area contributed by atoms with Crippen LogP contribution in [0.15, 0.2) is 34.3 Å². The highest BCUT2D eigenvalue weighted by Crippen LogP contribution is 2.33. The lowest BCUT2D eigenvalue weighted by Gasteiger charge is -2.21. The molecule has 0 aromatic heterocycles. The van der Waals surface area contributed by atoms with Crippen molar-refractivity contribution >= 4 is 64.6 Å². The van der Waals surface area contributed by atoms with Gasteiger partial charge in [-0.15, -0.1) is 0 Å². The molecule has 38 heteroatoms. The molecular formula is C83H85B2F30N3O3. The van der Waals surface area contributed by atoms with Crippen LogP contribution in [0.2, 0.25) is 0 Å². The van der Waals surface area contributed by atoms with Crippen LogP contribution in [0.1, 0.15) is 238 Å². The first-order valence-electron chi connectivity index (χ1n) is 39.2. The summed E-state index contributed by atoms with van der Waals surface area (Å²) in [5.41, 5.74) is -10.8. The second kappa shape index (κ2) is 49.4. The van der Waals surface area contributed by atoms with E-state index in [1.807, 2.05) is 0 Å². The summed E-state index contributed by atoms with van der Waals surface area (Å²) >= 11 is 0. The highest BCUT2D eigenvalue weighted by Gasteiger charge is 2.48. The van der Waals surface area contributed by atoms with Gasteiger partial charge in [0.15, 0.2) is 175 Å². The molecule has 0 fully saturated rings. The summed E-state index contributed by atoms with van der Waals surface area (Å²) in [6.07, 6.45) is 51.6. The number of hydrogen-bond donors (Lipinski definition) is 3. The van der Waals surface area contributed by atoms with Crippen LogP contribution in [0, 0.1) is 175 Å². The Balaban J connectivity index is 0.000000297.